The average Bonchev–Trinajstić information content (AvgIpc) is 2.68. The molecule has 138 valence electrons. The van der Waals surface area contributed by atoms with Gasteiger partial charge in [-0.2, -0.15) is 5.26 Å². The summed E-state index contributed by atoms with van der Waals surface area (Å²) >= 11 is 0. The highest BCUT2D eigenvalue weighted by Gasteiger charge is 2.11. The van der Waals surface area contributed by atoms with E-state index >= 15 is 0 Å². The van der Waals surface area contributed by atoms with Crippen LogP contribution in [-0.2, 0) is 4.79 Å². The summed E-state index contributed by atoms with van der Waals surface area (Å²) in [5.41, 5.74) is 1.39. The fourth-order valence-electron chi connectivity index (χ4n) is 2.24. The van der Waals surface area contributed by atoms with E-state index in [0.717, 1.165) is 0 Å². The molecule has 0 aliphatic rings. The first-order chi connectivity index (χ1) is 13.0. The Morgan fingerprint density at radius 2 is 1.78 bits per heavy atom. The van der Waals surface area contributed by atoms with Gasteiger partial charge in [0.25, 0.3) is 5.91 Å². The Labute approximate surface area is 157 Å². The third kappa shape index (κ3) is 5.09. The van der Waals surface area contributed by atoms with Crippen molar-refractivity contribution in [1.29, 1.82) is 5.26 Å². The summed E-state index contributed by atoms with van der Waals surface area (Å²) < 4.78 is 10.4. The molecule has 2 aromatic carbocycles. The highest BCUT2D eigenvalue weighted by atomic mass is 16.5. The molecule has 2 rings (SSSR count). The summed E-state index contributed by atoms with van der Waals surface area (Å²) in [7, 11) is 3.05. The van der Waals surface area contributed by atoms with Crippen LogP contribution in [0.2, 0.25) is 0 Å². The van der Waals surface area contributed by atoms with Crippen LogP contribution in [0.25, 0.3) is 0 Å². The molecule has 1 amide bonds. The van der Waals surface area contributed by atoms with Crippen LogP contribution in [0.4, 0.5) is 11.4 Å². The van der Waals surface area contributed by atoms with Gasteiger partial charge in [0.1, 0.15) is 11.6 Å². The van der Waals surface area contributed by atoms with Crippen LogP contribution in [0, 0.1) is 11.3 Å². The number of benzene rings is 2. The van der Waals surface area contributed by atoms with E-state index in [-0.39, 0.29) is 11.4 Å². The zero-order chi connectivity index (χ0) is 19.8. The monoisotopic (exact) mass is 365 g/mol. The Morgan fingerprint density at radius 3 is 2.41 bits per heavy atom. The molecular weight excluding hydrogens is 346 g/mol. The normalized spacial score (nSPS) is 10.5. The summed E-state index contributed by atoms with van der Waals surface area (Å²) in [6, 6.07) is 13.4. The van der Waals surface area contributed by atoms with Crippen LogP contribution in [0.15, 0.2) is 54.2 Å². The highest BCUT2D eigenvalue weighted by molar-refractivity contribution is 6.07. The molecule has 0 fully saturated rings. The van der Waals surface area contributed by atoms with Gasteiger partial charge in [-0.15, -0.1) is 0 Å². The lowest BCUT2D eigenvalue weighted by atomic mass is 10.1. The fraction of sp³-hybridized carbons (Fsp3) is 0.150. The van der Waals surface area contributed by atoms with Crippen molar-refractivity contribution in [3.05, 3.63) is 59.8 Å². The Morgan fingerprint density at radius 1 is 1.04 bits per heavy atom. The molecule has 0 atom stereocenters. The van der Waals surface area contributed by atoms with Crippen molar-refractivity contribution in [2.24, 2.45) is 0 Å². The lowest BCUT2D eigenvalue weighted by Crippen LogP contribution is -2.14. The zero-order valence-electron chi connectivity index (χ0n) is 15.2. The third-order valence-corrected chi connectivity index (χ3v) is 3.66. The van der Waals surface area contributed by atoms with Crippen molar-refractivity contribution in [2.75, 3.05) is 24.9 Å². The molecule has 0 aromatic heterocycles. The van der Waals surface area contributed by atoms with Gasteiger partial charge in [0.15, 0.2) is 17.3 Å². The molecule has 27 heavy (non-hydrogen) atoms. The molecule has 0 saturated heterocycles. The first-order valence-electron chi connectivity index (χ1n) is 7.99. The van der Waals surface area contributed by atoms with E-state index in [1.54, 1.807) is 42.5 Å². The molecule has 2 aromatic rings. The number of anilines is 2. The van der Waals surface area contributed by atoms with Crippen LogP contribution in [0.5, 0.6) is 11.5 Å². The number of hydrogen-bond donors (Lipinski definition) is 2. The number of nitriles is 1. The van der Waals surface area contributed by atoms with Gasteiger partial charge in [-0.25, -0.2) is 0 Å². The minimum Gasteiger partial charge on any atom is -0.493 e. The molecule has 7 heteroatoms. The Bertz CT molecular complexity index is 929. The minimum absolute atomic E-state index is 0.114. The molecule has 0 saturated carbocycles. The standard InChI is InChI=1S/C20H19N3O4/c1-13(24)14-5-4-6-17(9-14)23-20(25)15(11-21)12-22-16-7-8-18(26-2)19(10-16)27-3/h4-10,12,22H,1-3H3,(H,23,25)/b15-12-. The number of methoxy groups -OCH3 is 2. The van der Waals surface area contributed by atoms with Gasteiger partial charge in [-0.1, -0.05) is 12.1 Å². The lowest BCUT2D eigenvalue weighted by molar-refractivity contribution is -0.112. The Kier molecular flexibility index (Phi) is 6.55. The summed E-state index contributed by atoms with van der Waals surface area (Å²) in [5.74, 6) is 0.374. The van der Waals surface area contributed by atoms with Gasteiger partial charge in [0.05, 0.1) is 14.2 Å². The summed E-state index contributed by atoms with van der Waals surface area (Å²) in [5, 5.41) is 14.7. The number of carbonyl (C=O) groups excluding carboxylic acids is 2. The number of Topliss-reactive ketones (excluding diaryl/α,β-unsaturated/α-hetero) is 1. The van der Waals surface area contributed by atoms with E-state index in [4.69, 9.17) is 9.47 Å². The molecule has 0 heterocycles. The van der Waals surface area contributed by atoms with Crippen LogP contribution in [0.1, 0.15) is 17.3 Å². The maximum atomic E-state index is 12.3. The van der Waals surface area contributed by atoms with E-state index in [0.29, 0.717) is 28.4 Å². The quantitative estimate of drug-likeness (QED) is 0.443. The molecule has 0 bridgehead atoms. The van der Waals surface area contributed by atoms with E-state index in [1.165, 1.54) is 27.3 Å². The first kappa shape index (κ1) is 19.5. The summed E-state index contributed by atoms with van der Waals surface area (Å²) in [6.45, 7) is 1.44. The molecule has 0 aliphatic heterocycles. The number of nitrogens with zero attached hydrogens (tertiary/aromatic N) is 1. The van der Waals surface area contributed by atoms with Gasteiger partial charge in [0.2, 0.25) is 0 Å². The smallest absolute Gasteiger partial charge is 0.267 e. The number of amides is 1. The van der Waals surface area contributed by atoms with Gasteiger partial charge < -0.3 is 20.1 Å². The predicted octanol–water partition coefficient (Wildman–Crippen LogP) is 3.36. The van der Waals surface area contributed by atoms with Crippen LogP contribution in [0.3, 0.4) is 0 Å². The Balaban J connectivity index is 2.14. The SMILES string of the molecule is COc1ccc(N/C=C(/C#N)C(=O)Nc2cccc(C(C)=O)c2)cc1OC. The van der Waals surface area contributed by atoms with E-state index in [2.05, 4.69) is 10.6 Å². The largest absolute Gasteiger partial charge is 0.493 e. The first-order valence-corrected chi connectivity index (χ1v) is 7.99. The number of carbonyl (C=O) groups is 2. The third-order valence-electron chi connectivity index (χ3n) is 3.66. The topological polar surface area (TPSA) is 100 Å². The van der Waals surface area contributed by atoms with Crippen molar-refractivity contribution in [3.8, 4) is 17.6 Å². The van der Waals surface area contributed by atoms with E-state index in [9.17, 15) is 14.9 Å². The summed E-state index contributed by atoms with van der Waals surface area (Å²) in [6.07, 6.45) is 1.30. The van der Waals surface area contributed by atoms with Crippen molar-refractivity contribution < 1.29 is 19.1 Å². The van der Waals surface area contributed by atoms with E-state index in [1.807, 2.05) is 6.07 Å². The molecule has 0 spiro atoms. The number of hydrogen-bond acceptors (Lipinski definition) is 6. The van der Waals surface area contributed by atoms with Crippen LogP contribution in [-0.4, -0.2) is 25.9 Å². The zero-order valence-corrected chi connectivity index (χ0v) is 15.2. The van der Waals surface area contributed by atoms with E-state index < -0.39 is 5.91 Å². The molecule has 0 unspecified atom stereocenters. The molecular formula is C20H19N3O4. The van der Waals surface area contributed by atoms with Gasteiger partial charge >= 0.3 is 0 Å². The van der Waals surface area contributed by atoms with Gasteiger partial charge in [0, 0.05) is 29.2 Å². The van der Waals surface area contributed by atoms with Crippen molar-refractivity contribution in [3.63, 3.8) is 0 Å². The predicted molar refractivity (Wildman–Crippen MR) is 102 cm³/mol. The highest BCUT2D eigenvalue weighted by Crippen LogP contribution is 2.29. The molecule has 7 nitrogen and oxygen atoms in total. The van der Waals surface area contributed by atoms with Crippen molar-refractivity contribution >= 4 is 23.1 Å². The number of nitrogens with one attached hydrogen (secondary N) is 2. The van der Waals surface area contributed by atoms with Crippen molar-refractivity contribution in [2.45, 2.75) is 6.92 Å². The van der Waals surface area contributed by atoms with Crippen LogP contribution < -0.4 is 20.1 Å². The lowest BCUT2D eigenvalue weighted by Gasteiger charge is -2.10. The molecule has 0 radical (unpaired) electrons. The Hall–Kier alpha value is -3.79. The number of ketones is 1. The second kappa shape index (κ2) is 9.06. The minimum atomic E-state index is -0.592. The fourth-order valence-corrected chi connectivity index (χ4v) is 2.24. The maximum Gasteiger partial charge on any atom is 0.267 e. The summed E-state index contributed by atoms with van der Waals surface area (Å²) in [4.78, 5) is 23.7. The second-order valence-corrected chi connectivity index (χ2v) is 5.48. The van der Waals surface area contributed by atoms with Gasteiger partial charge in [-0.05, 0) is 31.2 Å². The van der Waals surface area contributed by atoms with Gasteiger partial charge in [-0.3, -0.25) is 9.59 Å². The average molecular weight is 365 g/mol. The second-order valence-electron chi connectivity index (χ2n) is 5.48. The molecule has 2 N–H and O–H groups in total. The van der Waals surface area contributed by atoms with Crippen molar-refractivity contribution in [1.82, 2.24) is 0 Å². The number of ether oxygens (including phenoxy) is 2. The number of rotatable bonds is 7. The van der Waals surface area contributed by atoms with Crippen LogP contribution >= 0.6 is 0 Å². The maximum absolute atomic E-state index is 12.3. The molecule has 0 aliphatic carbocycles.